The van der Waals surface area contributed by atoms with Gasteiger partial charge in [0.05, 0.1) is 6.04 Å². The summed E-state index contributed by atoms with van der Waals surface area (Å²) in [5.74, 6) is 0.576. The van der Waals surface area contributed by atoms with E-state index >= 15 is 0 Å². The van der Waals surface area contributed by atoms with Crippen molar-refractivity contribution in [2.24, 2.45) is 4.99 Å². The second-order valence-electron chi connectivity index (χ2n) is 7.79. The quantitative estimate of drug-likeness (QED) is 0.561. The van der Waals surface area contributed by atoms with Gasteiger partial charge in [-0.2, -0.15) is 0 Å². The average Bonchev–Trinajstić information content (AvgIpc) is 3.28. The zero-order valence-corrected chi connectivity index (χ0v) is 18.0. The summed E-state index contributed by atoms with van der Waals surface area (Å²) >= 11 is 0. The number of piperazine rings is 1. The van der Waals surface area contributed by atoms with Crippen LogP contribution < -0.4 is 10.1 Å². The first-order valence-electron chi connectivity index (χ1n) is 10.6. The summed E-state index contributed by atoms with van der Waals surface area (Å²) in [6.07, 6.45) is -2.59. The van der Waals surface area contributed by atoms with E-state index in [1.54, 1.807) is 19.2 Å². The number of likely N-dealkylation sites (tertiary alicyclic amines) is 1. The molecule has 2 fully saturated rings. The van der Waals surface area contributed by atoms with Gasteiger partial charge in [0.15, 0.2) is 5.96 Å². The number of aliphatic imine (C=N–C) groups is 1. The van der Waals surface area contributed by atoms with E-state index in [1.807, 2.05) is 11.8 Å². The summed E-state index contributed by atoms with van der Waals surface area (Å²) in [6.45, 7) is 6.60. The molecule has 2 heterocycles. The lowest BCUT2D eigenvalue weighted by Crippen LogP contribution is -2.57. The van der Waals surface area contributed by atoms with Crippen molar-refractivity contribution >= 4 is 11.9 Å². The monoisotopic (exact) mass is 441 g/mol. The van der Waals surface area contributed by atoms with Crippen LogP contribution in [0.1, 0.15) is 25.3 Å². The number of rotatable bonds is 5. The second kappa shape index (κ2) is 10.2. The number of hydrogen-bond acceptors (Lipinski definition) is 4. The van der Waals surface area contributed by atoms with Gasteiger partial charge in [0, 0.05) is 58.4 Å². The van der Waals surface area contributed by atoms with Gasteiger partial charge in [-0.15, -0.1) is 13.2 Å². The standard InChI is InChI=1S/C21H30F3N5O2/c1-16(19(30)28-9-5-6-10-28)27-11-13-29(14-12-27)20(25-2)26-15-17-7-3-4-8-18(17)31-21(22,23)24/h3-4,7-8,16H,5-6,9-15H2,1-2H3,(H,25,26). The molecule has 3 rings (SSSR count). The minimum absolute atomic E-state index is 0.151. The number of alkyl halides is 3. The van der Waals surface area contributed by atoms with E-state index in [2.05, 4.69) is 24.8 Å². The number of amides is 1. The summed E-state index contributed by atoms with van der Waals surface area (Å²) in [4.78, 5) is 23.1. The predicted molar refractivity (Wildman–Crippen MR) is 112 cm³/mol. The molecule has 0 saturated carbocycles. The molecule has 2 saturated heterocycles. The van der Waals surface area contributed by atoms with Crippen LogP contribution in [0.5, 0.6) is 5.75 Å². The number of halogens is 3. The van der Waals surface area contributed by atoms with E-state index in [4.69, 9.17) is 0 Å². The Hall–Kier alpha value is -2.49. The topological polar surface area (TPSA) is 60.4 Å². The molecule has 2 aliphatic rings. The summed E-state index contributed by atoms with van der Waals surface area (Å²) < 4.78 is 42.0. The summed E-state index contributed by atoms with van der Waals surface area (Å²) in [5.41, 5.74) is 0.393. The lowest BCUT2D eigenvalue weighted by atomic mass is 10.2. The molecule has 7 nitrogen and oxygen atoms in total. The van der Waals surface area contributed by atoms with Crippen LogP contribution in [0.25, 0.3) is 0 Å². The number of hydrogen-bond donors (Lipinski definition) is 1. The third-order valence-corrected chi connectivity index (χ3v) is 5.78. The number of nitrogens with one attached hydrogen (secondary N) is 1. The summed E-state index contributed by atoms with van der Waals surface area (Å²) in [5, 5.41) is 3.13. The van der Waals surface area contributed by atoms with Crippen LogP contribution in [0.2, 0.25) is 0 Å². The normalized spacial score (nSPS) is 19.5. The molecule has 1 amide bonds. The van der Waals surface area contributed by atoms with Gasteiger partial charge in [-0.3, -0.25) is 14.7 Å². The molecule has 1 unspecified atom stereocenters. The Morgan fingerprint density at radius 3 is 2.35 bits per heavy atom. The van der Waals surface area contributed by atoms with E-state index in [1.165, 1.54) is 12.1 Å². The minimum atomic E-state index is -4.74. The maximum Gasteiger partial charge on any atom is 0.573 e. The van der Waals surface area contributed by atoms with Gasteiger partial charge in [-0.05, 0) is 25.8 Å². The Bertz CT molecular complexity index is 773. The van der Waals surface area contributed by atoms with Crippen molar-refractivity contribution in [2.75, 3.05) is 46.3 Å². The molecule has 0 aromatic heterocycles. The van der Waals surface area contributed by atoms with E-state index in [-0.39, 0.29) is 24.2 Å². The molecule has 10 heteroatoms. The molecular weight excluding hydrogens is 411 g/mol. The molecule has 0 spiro atoms. The highest BCUT2D eigenvalue weighted by atomic mass is 19.4. The number of benzene rings is 1. The van der Waals surface area contributed by atoms with Crippen molar-refractivity contribution in [3.63, 3.8) is 0 Å². The molecule has 1 aromatic carbocycles. The zero-order valence-electron chi connectivity index (χ0n) is 18.0. The maximum absolute atomic E-state index is 12.6. The molecule has 31 heavy (non-hydrogen) atoms. The fourth-order valence-corrected chi connectivity index (χ4v) is 4.06. The summed E-state index contributed by atoms with van der Waals surface area (Å²) in [7, 11) is 1.65. The Balaban J connectivity index is 1.52. The largest absolute Gasteiger partial charge is 0.573 e. The predicted octanol–water partition coefficient (Wildman–Crippen LogP) is 2.29. The van der Waals surface area contributed by atoms with Crippen LogP contribution in [0.15, 0.2) is 29.3 Å². The van der Waals surface area contributed by atoms with Gasteiger partial charge in [-0.25, -0.2) is 0 Å². The first kappa shape index (κ1) is 23.2. The van der Waals surface area contributed by atoms with Gasteiger partial charge in [0.25, 0.3) is 0 Å². The number of carbonyl (C=O) groups is 1. The van der Waals surface area contributed by atoms with Gasteiger partial charge >= 0.3 is 6.36 Å². The molecule has 0 bridgehead atoms. The van der Waals surface area contributed by atoms with Crippen molar-refractivity contribution in [2.45, 2.75) is 38.7 Å². The molecule has 1 N–H and O–H groups in total. The molecule has 1 aromatic rings. The molecule has 0 radical (unpaired) electrons. The molecule has 172 valence electrons. The molecule has 2 aliphatic heterocycles. The molecule has 0 aliphatic carbocycles. The lowest BCUT2D eigenvalue weighted by Gasteiger charge is -2.39. The molecule has 1 atom stereocenters. The van der Waals surface area contributed by atoms with Gasteiger partial charge in [0.2, 0.25) is 5.91 Å². The Morgan fingerprint density at radius 1 is 1.10 bits per heavy atom. The second-order valence-corrected chi connectivity index (χ2v) is 7.79. The van der Waals surface area contributed by atoms with Crippen LogP contribution in [0, 0.1) is 0 Å². The molecular formula is C21H30F3N5O2. The van der Waals surface area contributed by atoms with E-state index in [9.17, 15) is 18.0 Å². The smallest absolute Gasteiger partial charge is 0.405 e. The van der Waals surface area contributed by atoms with Crippen LogP contribution in [-0.2, 0) is 11.3 Å². The van der Waals surface area contributed by atoms with E-state index in [0.29, 0.717) is 24.6 Å². The first-order chi connectivity index (χ1) is 14.8. The Morgan fingerprint density at radius 2 is 1.74 bits per heavy atom. The van der Waals surface area contributed by atoms with Gasteiger partial charge in [0.1, 0.15) is 5.75 Å². The third kappa shape index (κ3) is 6.25. The van der Waals surface area contributed by atoms with Crippen LogP contribution in [-0.4, -0.2) is 85.3 Å². The Kier molecular flexibility index (Phi) is 7.64. The Labute approximate surface area is 180 Å². The van der Waals surface area contributed by atoms with Crippen LogP contribution in [0.3, 0.4) is 0 Å². The highest BCUT2D eigenvalue weighted by Crippen LogP contribution is 2.26. The maximum atomic E-state index is 12.6. The number of para-hydroxylation sites is 1. The van der Waals surface area contributed by atoms with Crippen LogP contribution in [0.4, 0.5) is 13.2 Å². The van der Waals surface area contributed by atoms with Gasteiger partial charge in [-0.1, -0.05) is 18.2 Å². The summed E-state index contributed by atoms with van der Waals surface area (Å²) in [6, 6.07) is 5.90. The van der Waals surface area contributed by atoms with Crippen molar-refractivity contribution in [3.8, 4) is 5.75 Å². The highest BCUT2D eigenvalue weighted by molar-refractivity contribution is 5.82. The number of carbonyl (C=O) groups excluding carboxylic acids is 1. The highest BCUT2D eigenvalue weighted by Gasteiger charge is 2.32. The van der Waals surface area contributed by atoms with Crippen molar-refractivity contribution in [1.29, 1.82) is 0 Å². The fraction of sp³-hybridized carbons (Fsp3) is 0.619. The van der Waals surface area contributed by atoms with E-state index in [0.717, 1.165) is 39.0 Å². The van der Waals surface area contributed by atoms with Crippen LogP contribution >= 0.6 is 0 Å². The third-order valence-electron chi connectivity index (χ3n) is 5.78. The number of nitrogens with zero attached hydrogens (tertiary/aromatic N) is 4. The van der Waals surface area contributed by atoms with Crippen molar-refractivity contribution in [1.82, 2.24) is 20.0 Å². The zero-order chi connectivity index (χ0) is 22.4. The van der Waals surface area contributed by atoms with Crippen molar-refractivity contribution < 1.29 is 22.7 Å². The fourth-order valence-electron chi connectivity index (χ4n) is 4.06. The van der Waals surface area contributed by atoms with Gasteiger partial charge < -0.3 is 19.9 Å². The SMILES string of the molecule is CN=C(NCc1ccccc1OC(F)(F)F)N1CCN(C(C)C(=O)N2CCCC2)CC1. The minimum Gasteiger partial charge on any atom is -0.405 e. The number of ether oxygens (including phenoxy) is 1. The number of guanidine groups is 1. The van der Waals surface area contributed by atoms with Crippen molar-refractivity contribution in [3.05, 3.63) is 29.8 Å². The lowest BCUT2D eigenvalue weighted by molar-refractivity contribution is -0.274. The van der Waals surface area contributed by atoms with E-state index < -0.39 is 6.36 Å². The first-order valence-corrected chi connectivity index (χ1v) is 10.6. The average molecular weight is 441 g/mol.